The summed E-state index contributed by atoms with van der Waals surface area (Å²) in [5.41, 5.74) is 6.23. The average molecular weight is 359 g/mol. The second-order valence-electron chi connectivity index (χ2n) is 7.45. The predicted molar refractivity (Wildman–Crippen MR) is 99.7 cm³/mol. The SMILES string of the molecule is Cc1nc(CC2CCN(C(=O)CCC(N)=O)CC2)cc(N2CCCC2)n1. The van der Waals surface area contributed by atoms with Gasteiger partial charge in [-0.2, -0.15) is 0 Å². The van der Waals surface area contributed by atoms with Crippen LogP contribution in [-0.2, 0) is 16.0 Å². The number of carbonyl (C=O) groups is 2. The number of aromatic nitrogens is 2. The molecule has 2 N–H and O–H groups in total. The molecule has 2 aliphatic rings. The Hall–Kier alpha value is -2.18. The van der Waals surface area contributed by atoms with Crippen molar-refractivity contribution < 1.29 is 9.59 Å². The van der Waals surface area contributed by atoms with Gasteiger partial charge in [-0.3, -0.25) is 9.59 Å². The van der Waals surface area contributed by atoms with E-state index in [2.05, 4.69) is 20.9 Å². The molecule has 0 radical (unpaired) electrons. The van der Waals surface area contributed by atoms with Gasteiger partial charge in [0.25, 0.3) is 0 Å². The minimum absolute atomic E-state index is 0.0384. The molecular formula is C19H29N5O2. The number of rotatable bonds is 6. The van der Waals surface area contributed by atoms with Crippen LogP contribution in [0.4, 0.5) is 5.82 Å². The first-order valence-electron chi connectivity index (χ1n) is 9.67. The zero-order chi connectivity index (χ0) is 18.5. The minimum atomic E-state index is -0.416. The van der Waals surface area contributed by atoms with Crippen LogP contribution >= 0.6 is 0 Å². The highest BCUT2D eigenvalue weighted by Crippen LogP contribution is 2.24. The highest BCUT2D eigenvalue weighted by Gasteiger charge is 2.24. The summed E-state index contributed by atoms with van der Waals surface area (Å²) in [6.07, 6.45) is 5.73. The first-order valence-corrected chi connectivity index (χ1v) is 9.67. The third-order valence-corrected chi connectivity index (χ3v) is 5.36. The summed E-state index contributed by atoms with van der Waals surface area (Å²) in [5.74, 6) is 2.06. The van der Waals surface area contributed by atoms with Crippen LogP contribution < -0.4 is 10.6 Å². The first-order chi connectivity index (χ1) is 12.5. The second-order valence-corrected chi connectivity index (χ2v) is 7.45. The molecule has 0 atom stereocenters. The van der Waals surface area contributed by atoms with Crippen LogP contribution in [0.3, 0.4) is 0 Å². The summed E-state index contributed by atoms with van der Waals surface area (Å²) < 4.78 is 0. The lowest BCUT2D eigenvalue weighted by atomic mass is 9.92. The number of anilines is 1. The van der Waals surface area contributed by atoms with Crippen molar-refractivity contribution in [3.63, 3.8) is 0 Å². The molecule has 2 saturated heterocycles. The van der Waals surface area contributed by atoms with Crippen molar-refractivity contribution in [1.29, 1.82) is 0 Å². The number of primary amides is 1. The molecule has 142 valence electrons. The van der Waals surface area contributed by atoms with E-state index in [1.807, 2.05) is 11.8 Å². The lowest BCUT2D eigenvalue weighted by Crippen LogP contribution is -2.39. The number of amides is 2. The standard InChI is InChI=1S/C19H29N5O2/c1-14-21-16(13-18(22-14)23-8-2-3-9-23)12-15-6-10-24(11-7-15)19(26)5-4-17(20)25/h13,15H,2-12H2,1H3,(H2,20,25). The van der Waals surface area contributed by atoms with Gasteiger partial charge in [-0.15, -0.1) is 0 Å². The molecule has 0 aromatic carbocycles. The second kappa shape index (κ2) is 8.47. The van der Waals surface area contributed by atoms with Gasteiger partial charge in [0.1, 0.15) is 11.6 Å². The van der Waals surface area contributed by atoms with Gasteiger partial charge in [0, 0.05) is 50.8 Å². The van der Waals surface area contributed by atoms with E-state index in [9.17, 15) is 9.59 Å². The number of likely N-dealkylation sites (tertiary alicyclic amines) is 1. The van der Waals surface area contributed by atoms with E-state index in [4.69, 9.17) is 5.73 Å². The molecule has 7 nitrogen and oxygen atoms in total. The Morgan fingerprint density at radius 1 is 1.12 bits per heavy atom. The monoisotopic (exact) mass is 359 g/mol. The third-order valence-electron chi connectivity index (χ3n) is 5.36. The minimum Gasteiger partial charge on any atom is -0.370 e. The number of carbonyl (C=O) groups excluding carboxylic acids is 2. The Kier molecular flexibility index (Phi) is 6.06. The maximum absolute atomic E-state index is 12.1. The largest absolute Gasteiger partial charge is 0.370 e. The van der Waals surface area contributed by atoms with Crippen LogP contribution in [0, 0.1) is 12.8 Å². The van der Waals surface area contributed by atoms with Crippen LogP contribution in [0.5, 0.6) is 0 Å². The molecule has 1 aromatic heterocycles. The number of hydrogen-bond donors (Lipinski definition) is 1. The molecule has 0 saturated carbocycles. The summed E-state index contributed by atoms with van der Waals surface area (Å²) in [4.78, 5) is 36.4. The molecule has 1 aromatic rings. The zero-order valence-electron chi connectivity index (χ0n) is 15.6. The first kappa shape index (κ1) is 18.6. The molecule has 0 aliphatic carbocycles. The van der Waals surface area contributed by atoms with E-state index < -0.39 is 5.91 Å². The average Bonchev–Trinajstić information content (AvgIpc) is 3.14. The van der Waals surface area contributed by atoms with Gasteiger partial charge in [-0.1, -0.05) is 0 Å². The number of hydrogen-bond acceptors (Lipinski definition) is 5. The Labute approximate surface area is 155 Å². The van der Waals surface area contributed by atoms with Crippen molar-refractivity contribution in [2.45, 2.75) is 51.9 Å². The molecule has 0 unspecified atom stereocenters. The van der Waals surface area contributed by atoms with Gasteiger partial charge in [0.05, 0.1) is 0 Å². The van der Waals surface area contributed by atoms with E-state index in [1.165, 1.54) is 12.8 Å². The van der Waals surface area contributed by atoms with E-state index in [0.29, 0.717) is 5.92 Å². The summed E-state index contributed by atoms with van der Waals surface area (Å²) in [6.45, 7) is 5.64. The molecule has 3 heterocycles. The smallest absolute Gasteiger partial charge is 0.223 e. The highest BCUT2D eigenvalue weighted by atomic mass is 16.2. The Morgan fingerprint density at radius 3 is 2.46 bits per heavy atom. The number of nitrogens with zero attached hydrogens (tertiary/aromatic N) is 4. The van der Waals surface area contributed by atoms with Gasteiger partial charge in [-0.05, 0) is 44.9 Å². The predicted octanol–water partition coefficient (Wildman–Crippen LogP) is 1.43. The van der Waals surface area contributed by atoms with Gasteiger partial charge >= 0.3 is 0 Å². The van der Waals surface area contributed by atoms with Crippen LogP contribution in [0.25, 0.3) is 0 Å². The normalized spacial score (nSPS) is 18.3. The van der Waals surface area contributed by atoms with E-state index in [0.717, 1.165) is 62.8 Å². The molecule has 0 bridgehead atoms. The molecule has 2 aliphatic heterocycles. The van der Waals surface area contributed by atoms with E-state index >= 15 is 0 Å². The maximum atomic E-state index is 12.1. The highest BCUT2D eigenvalue weighted by molar-refractivity contribution is 5.82. The van der Waals surface area contributed by atoms with Crippen molar-refractivity contribution in [2.75, 3.05) is 31.1 Å². The van der Waals surface area contributed by atoms with Crippen molar-refractivity contribution >= 4 is 17.6 Å². The maximum Gasteiger partial charge on any atom is 0.223 e. The van der Waals surface area contributed by atoms with E-state index in [-0.39, 0.29) is 18.7 Å². The number of nitrogens with two attached hydrogens (primary N) is 1. The fraction of sp³-hybridized carbons (Fsp3) is 0.684. The fourth-order valence-corrected chi connectivity index (χ4v) is 3.90. The van der Waals surface area contributed by atoms with Crippen molar-refractivity contribution in [3.8, 4) is 0 Å². The molecule has 3 rings (SSSR count). The quantitative estimate of drug-likeness (QED) is 0.829. The van der Waals surface area contributed by atoms with Crippen molar-refractivity contribution in [1.82, 2.24) is 14.9 Å². The fourth-order valence-electron chi connectivity index (χ4n) is 3.90. The Balaban J connectivity index is 1.53. The van der Waals surface area contributed by atoms with Gasteiger partial charge in [0.2, 0.25) is 11.8 Å². The van der Waals surface area contributed by atoms with Crippen molar-refractivity contribution in [2.24, 2.45) is 11.7 Å². The molecule has 0 spiro atoms. The molecule has 26 heavy (non-hydrogen) atoms. The Morgan fingerprint density at radius 2 is 1.81 bits per heavy atom. The number of aryl methyl sites for hydroxylation is 1. The lowest BCUT2D eigenvalue weighted by molar-refractivity contribution is -0.134. The van der Waals surface area contributed by atoms with Crippen LogP contribution in [0.15, 0.2) is 6.07 Å². The summed E-state index contributed by atoms with van der Waals surface area (Å²) in [5, 5.41) is 0. The van der Waals surface area contributed by atoms with Gasteiger partial charge < -0.3 is 15.5 Å². The third kappa shape index (κ3) is 4.93. The van der Waals surface area contributed by atoms with Gasteiger partial charge in [0.15, 0.2) is 0 Å². The topological polar surface area (TPSA) is 92.4 Å². The molecule has 2 amide bonds. The molecule has 7 heteroatoms. The molecule has 2 fully saturated rings. The van der Waals surface area contributed by atoms with Crippen molar-refractivity contribution in [3.05, 3.63) is 17.6 Å². The summed E-state index contributed by atoms with van der Waals surface area (Å²) in [7, 11) is 0. The Bertz CT molecular complexity index is 649. The van der Waals surface area contributed by atoms with Crippen LogP contribution in [-0.4, -0.2) is 52.9 Å². The van der Waals surface area contributed by atoms with Gasteiger partial charge in [-0.25, -0.2) is 9.97 Å². The van der Waals surface area contributed by atoms with E-state index in [1.54, 1.807) is 0 Å². The molecular weight excluding hydrogens is 330 g/mol. The summed E-state index contributed by atoms with van der Waals surface area (Å²) >= 11 is 0. The zero-order valence-corrected chi connectivity index (χ0v) is 15.6. The van der Waals surface area contributed by atoms with Crippen LogP contribution in [0.1, 0.15) is 50.0 Å². The van der Waals surface area contributed by atoms with Crippen LogP contribution in [0.2, 0.25) is 0 Å². The summed E-state index contributed by atoms with van der Waals surface area (Å²) in [6, 6.07) is 2.14. The lowest BCUT2D eigenvalue weighted by Gasteiger charge is -2.32. The number of piperidine rings is 1.